The molecule has 0 unspecified atom stereocenters. The van der Waals surface area contributed by atoms with Crippen molar-refractivity contribution in [3.8, 4) is 22.3 Å². The molecule has 1 fully saturated rings. The minimum atomic E-state index is -0.820. The highest BCUT2D eigenvalue weighted by Gasteiger charge is 2.24. The Balaban J connectivity index is 1.33. The van der Waals surface area contributed by atoms with Gasteiger partial charge in [-0.05, 0) is 54.0 Å². The van der Waals surface area contributed by atoms with Gasteiger partial charge in [0.15, 0.2) is 17.9 Å². The lowest BCUT2D eigenvalue weighted by molar-refractivity contribution is -0.190. The molecule has 0 radical (unpaired) electrons. The molecule has 0 aromatic heterocycles. The number of hydrogen-bond donors (Lipinski definition) is 0. The first-order valence-electron chi connectivity index (χ1n) is 16.1. The van der Waals surface area contributed by atoms with E-state index in [1.54, 1.807) is 48.5 Å². The second-order valence-corrected chi connectivity index (χ2v) is 11.7. The summed E-state index contributed by atoms with van der Waals surface area (Å²) in [5.41, 5.74) is 3.22. The Morgan fingerprint density at radius 3 is 1.83 bits per heavy atom. The van der Waals surface area contributed by atoms with Crippen molar-refractivity contribution >= 4 is 0 Å². The summed E-state index contributed by atoms with van der Waals surface area (Å²) in [4.78, 5) is 0. The van der Waals surface area contributed by atoms with E-state index in [9.17, 15) is 4.39 Å². The number of aryl methyl sites for hydroxylation is 1. The maximum absolute atomic E-state index is 15.2. The molecule has 1 aliphatic heterocycles. The van der Waals surface area contributed by atoms with E-state index in [2.05, 4.69) is 13.8 Å². The topological polar surface area (TPSA) is 18.5 Å². The lowest BCUT2D eigenvalue weighted by Crippen LogP contribution is -2.30. The van der Waals surface area contributed by atoms with Crippen LogP contribution < -0.4 is 0 Å². The van der Waals surface area contributed by atoms with Gasteiger partial charge in [-0.25, -0.2) is 13.2 Å². The van der Waals surface area contributed by atoms with E-state index in [1.165, 1.54) is 32.1 Å². The van der Waals surface area contributed by atoms with E-state index in [4.69, 9.17) is 9.47 Å². The average molecular weight is 581 g/mol. The van der Waals surface area contributed by atoms with Gasteiger partial charge >= 0.3 is 0 Å². The maximum Gasteiger partial charge on any atom is 0.166 e. The Labute approximate surface area is 250 Å². The van der Waals surface area contributed by atoms with Crippen molar-refractivity contribution in [2.24, 2.45) is 0 Å². The molecular weight excluding hydrogens is 533 g/mol. The van der Waals surface area contributed by atoms with Gasteiger partial charge in [-0.3, -0.25) is 0 Å². The van der Waals surface area contributed by atoms with Gasteiger partial charge in [-0.1, -0.05) is 120 Å². The fraction of sp³-hybridized carbons (Fsp3) is 0.514. The zero-order chi connectivity index (χ0) is 29.7. The Morgan fingerprint density at radius 1 is 0.619 bits per heavy atom. The molecule has 5 heteroatoms. The van der Waals surface area contributed by atoms with E-state index in [0.717, 1.165) is 50.5 Å². The Morgan fingerprint density at radius 2 is 1.19 bits per heavy atom. The summed E-state index contributed by atoms with van der Waals surface area (Å²) < 4.78 is 56.9. The molecule has 1 saturated heterocycles. The standard InChI is InChI=1S/C37H47F3O2/c1-3-5-7-8-9-10-11-13-14-29-20-23-33(37(40)36(29)39)28-18-16-27(17-19-28)32-22-21-30(24-34(32)38)31-25-41-35(42-26-31)15-12-6-4-2/h16-24,31,35H,3-15,25-26H2,1-2H3. The van der Waals surface area contributed by atoms with E-state index < -0.39 is 11.6 Å². The Bertz CT molecular complexity index is 1230. The van der Waals surface area contributed by atoms with Crippen LogP contribution in [0.5, 0.6) is 0 Å². The first-order valence-corrected chi connectivity index (χ1v) is 16.1. The van der Waals surface area contributed by atoms with Gasteiger partial charge in [0.25, 0.3) is 0 Å². The molecule has 0 aliphatic carbocycles. The molecule has 0 atom stereocenters. The van der Waals surface area contributed by atoms with Gasteiger partial charge in [-0.2, -0.15) is 0 Å². The van der Waals surface area contributed by atoms with Crippen LogP contribution in [-0.4, -0.2) is 19.5 Å². The number of rotatable bonds is 16. The third-order valence-electron chi connectivity index (χ3n) is 8.44. The van der Waals surface area contributed by atoms with Crippen molar-refractivity contribution in [2.45, 2.75) is 110 Å². The Kier molecular flexibility index (Phi) is 13.0. The lowest BCUT2D eigenvalue weighted by Gasteiger charge is -2.30. The quantitative estimate of drug-likeness (QED) is 0.157. The summed E-state index contributed by atoms with van der Waals surface area (Å²) in [5, 5.41) is 0. The molecule has 42 heavy (non-hydrogen) atoms. The van der Waals surface area contributed by atoms with E-state index in [0.29, 0.717) is 41.9 Å². The van der Waals surface area contributed by atoms with Crippen LogP contribution in [0.15, 0.2) is 54.6 Å². The molecule has 0 N–H and O–H groups in total. The van der Waals surface area contributed by atoms with Gasteiger partial charge in [-0.15, -0.1) is 0 Å². The summed E-state index contributed by atoms with van der Waals surface area (Å²) in [5.74, 6) is -1.91. The van der Waals surface area contributed by atoms with Crippen molar-refractivity contribution in [2.75, 3.05) is 13.2 Å². The van der Waals surface area contributed by atoms with Gasteiger partial charge in [0.1, 0.15) is 5.82 Å². The van der Waals surface area contributed by atoms with Crippen LogP contribution in [0.1, 0.15) is 108 Å². The van der Waals surface area contributed by atoms with E-state index >= 15 is 8.78 Å². The number of unbranched alkanes of at least 4 members (excludes halogenated alkanes) is 9. The van der Waals surface area contributed by atoms with Crippen molar-refractivity contribution in [3.05, 3.63) is 83.2 Å². The fourth-order valence-electron chi connectivity index (χ4n) is 5.77. The van der Waals surface area contributed by atoms with Crippen molar-refractivity contribution in [3.63, 3.8) is 0 Å². The summed E-state index contributed by atoms with van der Waals surface area (Å²) in [7, 11) is 0. The Hall–Kier alpha value is -2.63. The highest BCUT2D eigenvalue weighted by molar-refractivity contribution is 5.71. The first kappa shape index (κ1) is 32.3. The smallest absolute Gasteiger partial charge is 0.166 e. The van der Waals surface area contributed by atoms with Crippen LogP contribution in [0, 0.1) is 17.5 Å². The average Bonchev–Trinajstić information content (AvgIpc) is 3.01. The normalized spacial score (nSPS) is 17.1. The molecule has 0 spiro atoms. The second kappa shape index (κ2) is 16.9. The predicted octanol–water partition coefficient (Wildman–Crippen LogP) is 11.2. The number of benzene rings is 3. The van der Waals surface area contributed by atoms with Crippen LogP contribution >= 0.6 is 0 Å². The minimum Gasteiger partial charge on any atom is -0.352 e. The fourth-order valence-corrected chi connectivity index (χ4v) is 5.77. The highest BCUT2D eigenvalue weighted by atomic mass is 19.2. The molecule has 3 aromatic rings. The highest BCUT2D eigenvalue weighted by Crippen LogP contribution is 2.32. The van der Waals surface area contributed by atoms with Crippen LogP contribution in [0.2, 0.25) is 0 Å². The van der Waals surface area contributed by atoms with Crippen LogP contribution in [-0.2, 0) is 15.9 Å². The van der Waals surface area contributed by atoms with Crippen LogP contribution in [0.25, 0.3) is 22.3 Å². The van der Waals surface area contributed by atoms with Crippen molar-refractivity contribution < 1.29 is 22.6 Å². The molecule has 0 bridgehead atoms. The van der Waals surface area contributed by atoms with Crippen LogP contribution in [0.3, 0.4) is 0 Å². The van der Waals surface area contributed by atoms with Crippen molar-refractivity contribution in [1.29, 1.82) is 0 Å². The van der Waals surface area contributed by atoms with Crippen LogP contribution in [0.4, 0.5) is 13.2 Å². The zero-order valence-corrected chi connectivity index (χ0v) is 25.4. The molecule has 2 nitrogen and oxygen atoms in total. The molecule has 0 amide bonds. The number of halogens is 3. The second-order valence-electron chi connectivity index (χ2n) is 11.7. The molecule has 1 heterocycles. The number of ether oxygens (including phenoxy) is 2. The van der Waals surface area contributed by atoms with Gasteiger partial charge in [0.2, 0.25) is 0 Å². The minimum absolute atomic E-state index is 0.00487. The van der Waals surface area contributed by atoms with E-state index in [1.807, 2.05) is 6.07 Å². The summed E-state index contributed by atoms with van der Waals surface area (Å²) in [6.07, 6.45) is 14.0. The molecule has 228 valence electrons. The predicted molar refractivity (Wildman–Crippen MR) is 166 cm³/mol. The molecular formula is C37H47F3O2. The number of hydrogen-bond acceptors (Lipinski definition) is 2. The third kappa shape index (κ3) is 8.94. The largest absolute Gasteiger partial charge is 0.352 e. The van der Waals surface area contributed by atoms with Gasteiger partial charge < -0.3 is 9.47 Å². The van der Waals surface area contributed by atoms with E-state index in [-0.39, 0.29) is 23.6 Å². The summed E-state index contributed by atoms with van der Waals surface area (Å²) >= 11 is 0. The zero-order valence-electron chi connectivity index (χ0n) is 25.4. The van der Waals surface area contributed by atoms with Crippen molar-refractivity contribution in [1.82, 2.24) is 0 Å². The van der Waals surface area contributed by atoms with Gasteiger partial charge in [0, 0.05) is 17.0 Å². The maximum atomic E-state index is 15.2. The molecule has 4 rings (SSSR count). The summed E-state index contributed by atoms with van der Waals surface area (Å²) in [6.45, 7) is 5.42. The monoisotopic (exact) mass is 580 g/mol. The molecule has 3 aromatic carbocycles. The summed E-state index contributed by atoms with van der Waals surface area (Å²) in [6, 6.07) is 15.6. The lowest BCUT2D eigenvalue weighted by atomic mass is 9.94. The first-order chi connectivity index (χ1) is 20.5. The molecule has 0 saturated carbocycles. The third-order valence-corrected chi connectivity index (χ3v) is 8.44. The van der Waals surface area contributed by atoms with Gasteiger partial charge in [0.05, 0.1) is 13.2 Å². The molecule has 1 aliphatic rings. The SMILES string of the molecule is CCCCCCCCCCc1ccc(-c2ccc(-c3ccc(C4COC(CCCCC)OC4)cc3F)cc2)c(F)c1F.